The summed E-state index contributed by atoms with van der Waals surface area (Å²) in [6.07, 6.45) is 1.39. The Balaban J connectivity index is 1.52. The molecule has 0 radical (unpaired) electrons. The maximum Gasteiger partial charge on any atom is 0.335 e. The number of halogens is 2. The van der Waals surface area contributed by atoms with E-state index in [9.17, 15) is 14.4 Å². The number of benzene rings is 3. The number of rotatable bonds is 10. The van der Waals surface area contributed by atoms with Crippen LogP contribution < -0.4 is 29.2 Å². The lowest BCUT2D eigenvalue weighted by Crippen LogP contribution is -2.54. The van der Waals surface area contributed by atoms with Crippen LogP contribution in [0.25, 0.3) is 6.08 Å². The lowest BCUT2D eigenvalue weighted by atomic mass is 10.1. The van der Waals surface area contributed by atoms with Crippen LogP contribution in [0.2, 0.25) is 5.02 Å². The molecule has 1 heterocycles. The fourth-order valence-corrected chi connectivity index (χ4v) is 4.40. The predicted molar refractivity (Wildman–Crippen MR) is 150 cm³/mol. The first-order valence-electron chi connectivity index (χ1n) is 11.8. The molecule has 202 valence electrons. The number of barbiturate groups is 1. The average molecular weight is 616 g/mol. The van der Waals surface area contributed by atoms with Crippen molar-refractivity contribution in [3.05, 3.63) is 81.3 Å². The molecule has 0 aliphatic carbocycles. The highest BCUT2D eigenvalue weighted by atomic mass is 79.9. The van der Waals surface area contributed by atoms with Crippen molar-refractivity contribution < 1.29 is 33.3 Å². The number of urea groups is 1. The van der Waals surface area contributed by atoms with Gasteiger partial charge in [0.25, 0.3) is 11.8 Å². The highest BCUT2D eigenvalue weighted by molar-refractivity contribution is 9.10. The minimum atomic E-state index is -0.846. The Kier molecular flexibility index (Phi) is 9.11. The smallest absolute Gasteiger partial charge is 0.335 e. The SMILES string of the molecule is CCOc1cc(/C=C2\C(=O)NC(=O)N(c3ccc(Cl)cc3)C2=O)cc(Br)c1OCCOc1ccc(OC)cc1. The Morgan fingerprint density at radius 1 is 0.923 bits per heavy atom. The number of nitrogens with one attached hydrogen (secondary N) is 1. The number of carbonyl (C=O) groups excluding carboxylic acids is 3. The molecule has 1 fully saturated rings. The molecule has 3 aromatic rings. The summed E-state index contributed by atoms with van der Waals surface area (Å²) >= 11 is 9.41. The van der Waals surface area contributed by atoms with Gasteiger partial charge in [0.2, 0.25) is 0 Å². The fourth-order valence-electron chi connectivity index (χ4n) is 3.70. The van der Waals surface area contributed by atoms with Crippen molar-refractivity contribution in [2.24, 2.45) is 0 Å². The molecule has 1 saturated heterocycles. The average Bonchev–Trinajstić information content (AvgIpc) is 2.91. The quantitative estimate of drug-likeness (QED) is 0.179. The monoisotopic (exact) mass is 614 g/mol. The van der Waals surface area contributed by atoms with E-state index < -0.39 is 17.8 Å². The maximum absolute atomic E-state index is 13.2. The van der Waals surface area contributed by atoms with Crippen LogP contribution in [-0.2, 0) is 9.59 Å². The van der Waals surface area contributed by atoms with E-state index in [4.69, 9.17) is 30.5 Å². The van der Waals surface area contributed by atoms with Crippen molar-refractivity contribution in [1.82, 2.24) is 5.32 Å². The van der Waals surface area contributed by atoms with Crippen molar-refractivity contribution in [3.8, 4) is 23.0 Å². The number of nitrogens with zero attached hydrogens (tertiary/aromatic N) is 1. The van der Waals surface area contributed by atoms with E-state index in [0.29, 0.717) is 38.9 Å². The molecular formula is C28H24BrClN2O7. The third kappa shape index (κ3) is 6.71. The summed E-state index contributed by atoms with van der Waals surface area (Å²) in [5, 5.41) is 2.64. The van der Waals surface area contributed by atoms with Crippen molar-refractivity contribution in [2.45, 2.75) is 6.92 Å². The van der Waals surface area contributed by atoms with Crippen molar-refractivity contribution in [2.75, 3.05) is 31.8 Å². The molecule has 0 unspecified atom stereocenters. The second-order valence-electron chi connectivity index (χ2n) is 8.07. The molecule has 9 nitrogen and oxygen atoms in total. The summed E-state index contributed by atoms with van der Waals surface area (Å²) in [7, 11) is 1.60. The van der Waals surface area contributed by atoms with E-state index in [1.165, 1.54) is 18.2 Å². The Hall–Kier alpha value is -4.02. The van der Waals surface area contributed by atoms with Crippen molar-refractivity contribution >= 4 is 57.1 Å². The van der Waals surface area contributed by atoms with Crippen LogP contribution in [0.15, 0.2) is 70.7 Å². The number of ether oxygens (including phenoxy) is 4. The molecule has 4 rings (SSSR count). The summed E-state index contributed by atoms with van der Waals surface area (Å²) in [4.78, 5) is 39.1. The second-order valence-corrected chi connectivity index (χ2v) is 9.36. The van der Waals surface area contributed by atoms with Gasteiger partial charge in [-0.2, -0.15) is 0 Å². The van der Waals surface area contributed by atoms with Gasteiger partial charge < -0.3 is 18.9 Å². The van der Waals surface area contributed by atoms with Crippen LogP contribution in [0.4, 0.5) is 10.5 Å². The van der Waals surface area contributed by atoms with Gasteiger partial charge in [0.1, 0.15) is 30.3 Å². The molecule has 0 spiro atoms. The van der Waals surface area contributed by atoms with Gasteiger partial charge in [-0.1, -0.05) is 11.6 Å². The number of imide groups is 2. The second kappa shape index (κ2) is 12.7. The summed E-state index contributed by atoms with van der Waals surface area (Å²) in [6, 6.07) is 15.8. The number of methoxy groups -OCH3 is 1. The Bertz CT molecular complexity index is 1410. The molecular weight excluding hydrogens is 592 g/mol. The van der Waals surface area contributed by atoms with Gasteiger partial charge in [-0.25, -0.2) is 9.69 Å². The van der Waals surface area contributed by atoms with Crippen molar-refractivity contribution in [1.29, 1.82) is 0 Å². The molecule has 1 aliphatic heterocycles. The zero-order valence-corrected chi connectivity index (χ0v) is 23.4. The Morgan fingerprint density at radius 2 is 1.59 bits per heavy atom. The van der Waals surface area contributed by atoms with E-state index >= 15 is 0 Å². The lowest BCUT2D eigenvalue weighted by Gasteiger charge is -2.26. The van der Waals surface area contributed by atoms with Crippen LogP contribution in [0.3, 0.4) is 0 Å². The van der Waals surface area contributed by atoms with Gasteiger partial charge in [0.15, 0.2) is 11.5 Å². The standard InChI is InChI=1S/C28H24BrClN2O7/c1-3-37-24-16-17(15-23(29)25(24)39-13-12-38-21-10-8-20(36-2)9-11-21)14-22-26(33)31-28(35)32(27(22)34)19-6-4-18(30)5-7-19/h4-11,14-16H,3,12-13H2,1-2H3,(H,31,33,35)/b22-14+. The van der Waals surface area contributed by atoms with E-state index in [1.807, 2.05) is 6.92 Å². The number of hydrogen-bond donors (Lipinski definition) is 1. The van der Waals surface area contributed by atoms with Gasteiger partial charge in [0, 0.05) is 5.02 Å². The molecule has 0 atom stereocenters. The Morgan fingerprint density at radius 3 is 2.26 bits per heavy atom. The molecule has 11 heteroatoms. The van der Waals surface area contributed by atoms with Gasteiger partial charge in [-0.3, -0.25) is 14.9 Å². The number of carbonyl (C=O) groups is 3. The third-order valence-corrected chi connectivity index (χ3v) is 6.33. The first-order chi connectivity index (χ1) is 18.8. The summed E-state index contributed by atoms with van der Waals surface area (Å²) in [5.41, 5.74) is 0.536. The highest BCUT2D eigenvalue weighted by Crippen LogP contribution is 2.38. The van der Waals surface area contributed by atoms with Crippen LogP contribution in [-0.4, -0.2) is 44.8 Å². The van der Waals surface area contributed by atoms with E-state index in [1.54, 1.807) is 55.6 Å². The van der Waals surface area contributed by atoms with Crippen LogP contribution >= 0.6 is 27.5 Å². The first-order valence-corrected chi connectivity index (χ1v) is 13.0. The molecule has 0 saturated carbocycles. The van der Waals surface area contributed by atoms with Crippen molar-refractivity contribution in [3.63, 3.8) is 0 Å². The minimum absolute atomic E-state index is 0.222. The first kappa shape index (κ1) is 28.0. The van der Waals surface area contributed by atoms with E-state index in [2.05, 4.69) is 21.2 Å². The predicted octanol–water partition coefficient (Wildman–Crippen LogP) is 5.63. The van der Waals surface area contributed by atoms with Crippen LogP contribution in [0.1, 0.15) is 12.5 Å². The van der Waals surface area contributed by atoms with Gasteiger partial charge >= 0.3 is 6.03 Å². The lowest BCUT2D eigenvalue weighted by molar-refractivity contribution is -0.122. The molecule has 39 heavy (non-hydrogen) atoms. The Labute approximate surface area is 238 Å². The molecule has 0 bridgehead atoms. The van der Waals surface area contributed by atoms with Gasteiger partial charge in [0.05, 0.1) is 23.9 Å². The van der Waals surface area contributed by atoms with Gasteiger partial charge in [-0.15, -0.1) is 0 Å². The van der Waals surface area contributed by atoms with Crippen LogP contribution in [0, 0.1) is 0 Å². The summed E-state index contributed by atoms with van der Waals surface area (Å²) in [6.45, 7) is 2.68. The molecule has 4 amide bonds. The zero-order chi connectivity index (χ0) is 27.9. The van der Waals surface area contributed by atoms with Crippen LogP contribution in [0.5, 0.6) is 23.0 Å². The molecule has 1 aliphatic rings. The number of hydrogen-bond acceptors (Lipinski definition) is 7. The number of amides is 4. The van der Waals surface area contributed by atoms with E-state index in [-0.39, 0.29) is 24.5 Å². The summed E-state index contributed by atoms with van der Waals surface area (Å²) in [5.74, 6) is 0.673. The number of anilines is 1. The minimum Gasteiger partial charge on any atom is -0.497 e. The highest BCUT2D eigenvalue weighted by Gasteiger charge is 2.36. The zero-order valence-electron chi connectivity index (χ0n) is 21.0. The van der Waals surface area contributed by atoms with Gasteiger partial charge in [-0.05, 0) is 95.2 Å². The third-order valence-electron chi connectivity index (χ3n) is 5.49. The maximum atomic E-state index is 13.2. The fraction of sp³-hybridized carbons (Fsp3) is 0.179. The summed E-state index contributed by atoms with van der Waals surface area (Å²) < 4.78 is 23.1. The molecule has 3 aromatic carbocycles. The molecule has 0 aromatic heterocycles. The van der Waals surface area contributed by atoms with E-state index in [0.717, 1.165) is 10.6 Å². The largest absolute Gasteiger partial charge is 0.497 e. The molecule has 1 N–H and O–H groups in total. The normalized spacial score (nSPS) is 14.3. The topological polar surface area (TPSA) is 103 Å².